The van der Waals surface area contributed by atoms with Gasteiger partial charge in [0.15, 0.2) is 5.69 Å². The fourth-order valence-corrected chi connectivity index (χ4v) is 2.87. The second-order valence-electron chi connectivity index (χ2n) is 4.57. The van der Waals surface area contributed by atoms with Crippen molar-refractivity contribution >= 4 is 17.3 Å². The minimum atomic E-state index is -1.07. The summed E-state index contributed by atoms with van der Waals surface area (Å²) < 4.78 is 6.61. The number of thiazole rings is 1. The van der Waals surface area contributed by atoms with E-state index in [0.29, 0.717) is 25.3 Å². The number of aryl methyl sites for hydroxylation is 1. The van der Waals surface area contributed by atoms with Gasteiger partial charge in [-0.15, -0.1) is 16.4 Å². The van der Waals surface area contributed by atoms with Crippen LogP contribution in [0.1, 0.15) is 40.2 Å². The summed E-state index contributed by atoms with van der Waals surface area (Å²) in [5, 5.41) is 19.9. The maximum atomic E-state index is 11.2. The van der Waals surface area contributed by atoms with Crippen molar-refractivity contribution in [1.82, 2.24) is 20.0 Å². The predicted octanol–water partition coefficient (Wildman–Crippen LogP) is 1.62. The molecule has 0 fully saturated rings. The van der Waals surface area contributed by atoms with Gasteiger partial charge >= 0.3 is 5.97 Å². The molecule has 0 saturated carbocycles. The highest BCUT2D eigenvalue weighted by Crippen LogP contribution is 2.15. The van der Waals surface area contributed by atoms with Crippen molar-refractivity contribution < 1.29 is 14.6 Å². The largest absolute Gasteiger partial charge is 0.476 e. The van der Waals surface area contributed by atoms with Gasteiger partial charge in [-0.25, -0.2) is 14.5 Å². The molecule has 7 nitrogen and oxygen atoms in total. The normalized spacial score (nSPS) is 11.0. The van der Waals surface area contributed by atoms with E-state index in [2.05, 4.69) is 22.2 Å². The van der Waals surface area contributed by atoms with E-state index in [1.807, 2.05) is 5.38 Å². The summed E-state index contributed by atoms with van der Waals surface area (Å²) in [4.78, 5) is 15.7. The summed E-state index contributed by atoms with van der Waals surface area (Å²) in [6, 6.07) is 0. The van der Waals surface area contributed by atoms with E-state index in [1.165, 1.54) is 0 Å². The number of rotatable bonds is 8. The van der Waals surface area contributed by atoms with Crippen molar-refractivity contribution in [2.45, 2.75) is 32.7 Å². The van der Waals surface area contributed by atoms with Gasteiger partial charge in [0, 0.05) is 18.9 Å². The minimum Gasteiger partial charge on any atom is -0.476 e. The van der Waals surface area contributed by atoms with E-state index < -0.39 is 5.97 Å². The second kappa shape index (κ2) is 7.28. The molecule has 0 aliphatic heterocycles. The van der Waals surface area contributed by atoms with E-state index >= 15 is 0 Å². The van der Waals surface area contributed by atoms with Crippen LogP contribution in [0.2, 0.25) is 0 Å². The molecular formula is C13H18N4O3S. The lowest BCUT2D eigenvalue weighted by molar-refractivity contribution is 0.0688. The molecule has 8 heteroatoms. The SMILES string of the molecule is CCCc1nc(Cn2nnc(C(=O)O)c2CCOC)cs1. The molecule has 0 saturated heterocycles. The number of methoxy groups -OCH3 is 1. The Morgan fingerprint density at radius 3 is 2.95 bits per heavy atom. The fourth-order valence-electron chi connectivity index (χ4n) is 1.98. The minimum absolute atomic E-state index is 0.0175. The summed E-state index contributed by atoms with van der Waals surface area (Å²) in [5.41, 5.74) is 1.43. The summed E-state index contributed by atoms with van der Waals surface area (Å²) in [6.07, 6.45) is 2.47. The van der Waals surface area contributed by atoms with Crippen LogP contribution >= 0.6 is 11.3 Å². The van der Waals surface area contributed by atoms with Crippen molar-refractivity contribution in [2.75, 3.05) is 13.7 Å². The van der Waals surface area contributed by atoms with Crippen LogP contribution in [0.5, 0.6) is 0 Å². The standard InChI is InChI=1S/C13H18N4O3S/c1-3-4-11-14-9(8-21-11)7-17-10(5-6-20-2)12(13(18)19)15-16-17/h8H,3-7H2,1-2H3,(H,18,19). The molecule has 2 heterocycles. The van der Waals surface area contributed by atoms with Crippen LogP contribution < -0.4 is 0 Å². The lowest BCUT2D eigenvalue weighted by Crippen LogP contribution is -2.12. The first kappa shape index (κ1) is 15.6. The summed E-state index contributed by atoms with van der Waals surface area (Å²) in [7, 11) is 1.58. The Labute approximate surface area is 126 Å². The molecule has 0 spiro atoms. The zero-order valence-corrected chi connectivity index (χ0v) is 12.9. The molecule has 2 aromatic rings. The molecule has 0 aliphatic carbocycles. The number of hydrogen-bond acceptors (Lipinski definition) is 6. The number of carboxylic acids is 1. The summed E-state index contributed by atoms with van der Waals surface area (Å²) in [5.74, 6) is -1.07. The lowest BCUT2D eigenvalue weighted by atomic mass is 10.2. The number of ether oxygens (including phenoxy) is 1. The molecule has 0 atom stereocenters. The van der Waals surface area contributed by atoms with Crippen LogP contribution in [-0.2, 0) is 24.1 Å². The van der Waals surface area contributed by atoms with Gasteiger partial charge in [-0.05, 0) is 12.8 Å². The zero-order valence-electron chi connectivity index (χ0n) is 12.1. The van der Waals surface area contributed by atoms with Crippen molar-refractivity contribution in [2.24, 2.45) is 0 Å². The third-order valence-corrected chi connectivity index (χ3v) is 3.92. The topological polar surface area (TPSA) is 90.1 Å². The molecular weight excluding hydrogens is 292 g/mol. The number of aromatic carboxylic acids is 1. The molecule has 0 aromatic carbocycles. The Bertz CT molecular complexity index is 608. The van der Waals surface area contributed by atoms with Crippen molar-refractivity contribution in [3.63, 3.8) is 0 Å². The van der Waals surface area contributed by atoms with Gasteiger partial charge in [-0.2, -0.15) is 0 Å². The maximum absolute atomic E-state index is 11.2. The quantitative estimate of drug-likeness (QED) is 0.797. The molecule has 114 valence electrons. The Hall–Kier alpha value is -1.80. The molecule has 1 N–H and O–H groups in total. The smallest absolute Gasteiger partial charge is 0.358 e. The highest BCUT2D eigenvalue weighted by atomic mass is 32.1. The van der Waals surface area contributed by atoms with Crippen LogP contribution in [0.4, 0.5) is 0 Å². The molecule has 0 bridgehead atoms. The van der Waals surface area contributed by atoms with Crippen LogP contribution in [0.25, 0.3) is 0 Å². The van der Waals surface area contributed by atoms with Gasteiger partial charge in [0.25, 0.3) is 0 Å². The molecule has 2 rings (SSSR count). The van der Waals surface area contributed by atoms with Gasteiger partial charge in [-0.1, -0.05) is 12.1 Å². The van der Waals surface area contributed by atoms with Gasteiger partial charge in [0.05, 0.1) is 29.5 Å². The number of nitrogens with zero attached hydrogens (tertiary/aromatic N) is 4. The Balaban J connectivity index is 2.19. The Morgan fingerprint density at radius 2 is 2.29 bits per heavy atom. The predicted molar refractivity (Wildman–Crippen MR) is 77.8 cm³/mol. The summed E-state index contributed by atoms with van der Waals surface area (Å²) in [6.45, 7) is 2.96. The van der Waals surface area contributed by atoms with E-state index in [-0.39, 0.29) is 5.69 Å². The van der Waals surface area contributed by atoms with Crippen LogP contribution in [0.3, 0.4) is 0 Å². The van der Waals surface area contributed by atoms with Crippen LogP contribution in [0.15, 0.2) is 5.38 Å². The van der Waals surface area contributed by atoms with E-state index in [0.717, 1.165) is 23.5 Å². The highest BCUT2D eigenvalue weighted by molar-refractivity contribution is 7.09. The Kier molecular flexibility index (Phi) is 5.40. The van der Waals surface area contributed by atoms with E-state index in [1.54, 1.807) is 23.1 Å². The maximum Gasteiger partial charge on any atom is 0.358 e. The first-order valence-corrected chi connectivity index (χ1v) is 7.61. The van der Waals surface area contributed by atoms with Crippen molar-refractivity contribution in [1.29, 1.82) is 0 Å². The highest BCUT2D eigenvalue weighted by Gasteiger charge is 2.19. The third kappa shape index (κ3) is 3.85. The molecule has 21 heavy (non-hydrogen) atoms. The average Bonchev–Trinajstić information content (AvgIpc) is 3.05. The van der Waals surface area contributed by atoms with E-state index in [9.17, 15) is 4.79 Å². The average molecular weight is 310 g/mol. The molecule has 0 unspecified atom stereocenters. The number of hydrogen-bond donors (Lipinski definition) is 1. The third-order valence-electron chi connectivity index (χ3n) is 2.96. The molecule has 0 aliphatic rings. The van der Waals surface area contributed by atoms with Crippen molar-refractivity contribution in [3.05, 3.63) is 27.5 Å². The monoisotopic (exact) mass is 310 g/mol. The Morgan fingerprint density at radius 1 is 1.48 bits per heavy atom. The molecule has 0 radical (unpaired) electrons. The van der Waals surface area contributed by atoms with Gasteiger partial charge in [0.1, 0.15) is 0 Å². The second-order valence-corrected chi connectivity index (χ2v) is 5.52. The molecule has 0 amide bonds. The number of carboxylic acid groups (broad SMARTS) is 1. The van der Waals surface area contributed by atoms with E-state index in [4.69, 9.17) is 9.84 Å². The first-order valence-electron chi connectivity index (χ1n) is 6.73. The summed E-state index contributed by atoms with van der Waals surface area (Å²) >= 11 is 1.62. The molecule has 2 aromatic heterocycles. The van der Waals surface area contributed by atoms with Crippen molar-refractivity contribution in [3.8, 4) is 0 Å². The number of carbonyl (C=O) groups is 1. The van der Waals surface area contributed by atoms with Crippen LogP contribution in [-0.4, -0.2) is 44.8 Å². The fraction of sp³-hybridized carbons (Fsp3) is 0.538. The van der Waals surface area contributed by atoms with Gasteiger partial charge in [-0.3, -0.25) is 0 Å². The number of aromatic nitrogens is 4. The van der Waals surface area contributed by atoms with Crippen LogP contribution in [0, 0.1) is 0 Å². The first-order chi connectivity index (χ1) is 10.2. The zero-order chi connectivity index (χ0) is 15.2. The lowest BCUT2D eigenvalue weighted by Gasteiger charge is -2.05. The van der Waals surface area contributed by atoms with Gasteiger partial charge < -0.3 is 9.84 Å². The van der Waals surface area contributed by atoms with Gasteiger partial charge in [0.2, 0.25) is 0 Å².